The molecule has 0 heterocycles. The average Bonchev–Trinajstić information content (AvgIpc) is 1.98. The molecule has 0 aliphatic heterocycles. The Kier molecular flexibility index (Phi) is 5.35. The lowest BCUT2D eigenvalue weighted by Crippen LogP contribution is -2.35. The Bertz CT molecular complexity index is 108. The van der Waals surface area contributed by atoms with E-state index in [9.17, 15) is 4.79 Å². The van der Waals surface area contributed by atoms with Crippen LogP contribution in [-0.4, -0.2) is 31.5 Å². The van der Waals surface area contributed by atoms with Gasteiger partial charge in [-0.2, -0.15) is 0 Å². The highest BCUT2D eigenvalue weighted by Gasteiger charge is 2.10. The predicted octanol–water partition coefficient (Wildman–Crippen LogP) is 0.376. The first kappa shape index (κ1) is 9.72. The molecule has 0 saturated carbocycles. The van der Waals surface area contributed by atoms with Gasteiger partial charge in [0.25, 0.3) is 0 Å². The monoisotopic (exact) mass is 165 g/mol. The van der Waals surface area contributed by atoms with Gasteiger partial charge in [0.1, 0.15) is 6.04 Å². The molecule has 0 aromatic carbocycles. The molecule has 0 amide bonds. The van der Waals surface area contributed by atoms with Crippen LogP contribution in [0.5, 0.6) is 0 Å². The highest BCUT2D eigenvalue weighted by Crippen LogP contribution is 1.84. The van der Waals surface area contributed by atoms with E-state index in [-0.39, 0.29) is 12.0 Å². The third kappa shape index (κ3) is 3.69. The molecule has 0 aliphatic rings. The topological polar surface area (TPSA) is 38.3 Å². The number of hydrogen-bond acceptors (Lipinski definition) is 3. The fourth-order valence-electron chi connectivity index (χ4n) is 0.531. The van der Waals surface area contributed by atoms with Gasteiger partial charge in [0.2, 0.25) is 0 Å². The molecule has 0 rings (SSSR count). The molecule has 0 spiro atoms. The second-order valence-electron chi connectivity index (χ2n) is 1.89. The van der Waals surface area contributed by atoms with Crippen LogP contribution >= 0.6 is 11.6 Å². The number of hydrogen-bond donors (Lipinski definition) is 1. The number of halogens is 1. The van der Waals surface area contributed by atoms with Gasteiger partial charge >= 0.3 is 5.97 Å². The third-order valence-electron chi connectivity index (χ3n) is 1.10. The predicted molar refractivity (Wildman–Crippen MR) is 40.2 cm³/mol. The molecular formula is C6H12ClNO2. The second-order valence-corrected chi connectivity index (χ2v) is 2.27. The van der Waals surface area contributed by atoms with Crippen LogP contribution in [0.3, 0.4) is 0 Å². The smallest absolute Gasteiger partial charge is 0.322 e. The van der Waals surface area contributed by atoms with Crippen LogP contribution in [0.2, 0.25) is 0 Å². The lowest BCUT2D eigenvalue weighted by Gasteiger charge is -2.08. The number of esters is 1. The Balaban J connectivity index is 3.41. The van der Waals surface area contributed by atoms with Gasteiger partial charge in [-0.25, -0.2) is 0 Å². The Morgan fingerprint density at radius 2 is 2.40 bits per heavy atom. The van der Waals surface area contributed by atoms with Crippen molar-refractivity contribution >= 4 is 17.6 Å². The molecule has 0 unspecified atom stereocenters. The number of nitrogens with one attached hydrogen (secondary N) is 1. The van der Waals surface area contributed by atoms with Gasteiger partial charge in [-0.15, -0.1) is 11.6 Å². The number of carbonyl (C=O) groups is 1. The summed E-state index contributed by atoms with van der Waals surface area (Å²) >= 11 is 5.38. The van der Waals surface area contributed by atoms with Crippen molar-refractivity contribution in [3.05, 3.63) is 0 Å². The van der Waals surface area contributed by atoms with Gasteiger partial charge in [-0.05, 0) is 6.92 Å². The van der Waals surface area contributed by atoms with E-state index in [4.69, 9.17) is 11.6 Å². The summed E-state index contributed by atoms with van der Waals surface area (Å²) in [5, 5.41) is 2.88. The van der Waals surface area contributed by atoms with Gasteiger partial charge in [-0.1, -0.05) is 0 Å². The quantitative estimate of drug-likeness (QED) is 0.484. The molecule has 0 aromatic heterocycles. The van der Waals surface area contributed by atoms with Crippen molar-refractivity contribution in [3.8, 4) is 0 Å². The Hall–Kier alpha value is -0.280. The van der Waals surface area contributed by atoms with Crippen LogP contribution in [0.15, 0.2) is 0 Å². The molecule has 4 heteroatoms. The summed E-state index contributed by atoms with van der Waals surface area (Å²) < 4.78 is 4.46. The van der Waals surface area contributed by atoms with Crippen molar-refractivity contribution < 1.29 is 9.53 Å². The Labute approximate surface area is 65.7 Å². The minimum atomic E-state index is -0.260. The summed E-state index contributed by atoms with van der Waals surface area (Å²) in [7, 11) is 1.36. The van der Waals surface area contributed by atoms with Crippen LogP contribution in [0.25, 0.3) is 0 Å². The first-order valence-electron chi connectivity index (χ1n) is 3.09. The minimum absolute atomic E-state index is 0.259. The van der Waals surface area contributed by atoms with Crippen LogP contribution in [0.1, 0.15) is 6.92 Å². The third-order valence-corrected chi connectivity index (χ3v) is 1.29. The van der Waals surface area contributed by atoms with Crippen LogP contribution in [0.4, 0.5) is 0 Å². The van der Waals surface area contributed by atoms with Crippen molar-refractivity contribution in [1.82, 2.24) is 5.32 Å². The summed E-state index contributed by atoms with van der Waals surface area (Å²) in [6.07, 6.45) is 0. The largest absolute Gasteiger partial charge is 0.468 e. The fraction of sp³-hybridized carbons (Fsp3) is 0.833. The lowest BCUT2D eigenvalue weighted by molar-refractivity contribution is -0.142. The molecule has 10 heavy (non-hydrogen) atoms. The zero-order valence-electron chi connectivity index (χ0n) is 6.19. The van der Waals surface area contributed by atoms with Gasteiger partial charge in [0.05, 0.1) is 7.11 Å². The van der Waals surface area contributed by atoms with Crippen molar-refractivity contribution in [2.75, 3.05) is 19.5 Å². The molecule has 1 N–H and O–H groups in total. The number of alkyl halides is 1. The highest BCUT2D eigenvalue weighted by molar-refractivity contribution is 6.18. The van der Waals surface area contributed by atoms with E-state index >= 15 is 0 Å². The van der Waals surface area contributed by atoms with Crippen LogP contribution < -0.4 is 5.32 Å². The van der Waals surface area contributed by atoms with E-state index in [1.165, 1.54) is 7.11 Å². The molecule has 3 nitrogen and oxygen atoms in total. The SMILES string of the molecule is COC(=O)[C@H](C)NCCCl. The van der Waals surface area contributed by atoms with Crippen molar-refractivity contribution in [2.45, 2.75) is 13.0 Å². The lowest BCUT2D eigenvalue weighted by atomic mass is 10.3. The first-order chi connectivity index (χ1) is 4.72. The molecule has 0 fully saturated rings. The average molecular weight is 166 g/mol. The molecule has 0 radical (unpaired) electrons. The molecule has 0 aromatic rings. The van der Waals surface area contributed by atoms with Crippen LogP contribution in [0, 0.1) is 0 Å². The highest BCUT2D eigenvalue weighted by atomic mass is 35.5. The maximum Gasteiger partial charge on any atom is 0.322 e. The van der Waals surface area contributed by atoms with Crippen molar-refractivity contribution in [2.24, 2.45) is 0 Å². The standard InChI is InChI=1S/C6H12ClNO2/c1-5(6(9)10-2)8-4-3-7/h5,8H,3-4H2,1-2H3/t5-/m0/s1. The Morgan fingerprint density at radius 1 is 1.80 bits per heavy atom. The van der Waals surface area contributed by atoms with E-state index < -0.39 is 0 Å². The fourth-order valence-corrected chi connectivity index (χ4v) is 0.640. The van der Waals surface area contributed by atoms with E-state index in [1.807, 2.05) is 0 Å². The first-order valence-corrected chi connectivity index (χ1v) is 3.63. The molecular weight excluding hydrogens is 154 g/mol. The number of carbonyl (C=O) groups excluding carboxylic acids is 1. The van der Waals surface area contributed by atoms with Gasteiger partial charge in [0.15, 0.2) is 0 Å². The zero-order valence-corrected chi connectivity index (χ0v) is 6.94. The summed E-state index contributed by atoms with van der Waals surface area (Å²) in [4.78, 5) is 10.7. The van der Waals surface area contributed by atoms with E-state index in [1.54, 1.807) is 6.92 Å². The van der Waals surface area contributed by atoms with Gasteiger partial charge < -0.3 is 10.1 Å². The van der Waals surface area contributed by atoms with Crippen LogP contribution in [-0.2, 0) is 9.53 Å². The maximum atomic E-state index is 10.7. The van der Waals surface area contributed by atoms with Crippen molar-refractivity contribution in [3.63, 3.8) is 0 Å². The van der Waals surface area contributed by atoms with Gasteiger partial charge in [-0.3, -0.25) is 4.79 Å². The number of rotatable bonds is 4. The minimum Gasteiger partial charge on any atom is -0.468 e. The summed E-state index contributed by atoms with van der Waals surface area (Å²) in [5.74, 6) is 0.242. The summed E-state index contributed by atoms with van der Waals surface area (Å²) in [6, 6.07) is -0.260. The summed E-state index contributed by atoms with van der Waals surface area (Å²) in [5.41, 5.74) is 0. The molecule has 0 aliphatic carbocycles. The van der Waals surface area contributed by atoms with E-state index in [0.29, 0.717) is 12.4 Å². The number of methoxy groups -OCH3 is 1. The zero-order chi connectivity index (χ0) is 7.98. The molecule has 60 valence electrons. The van der Waals surface area contributed by atoms with Crippen molar-refractivity contribution in [1.29, 1.82) is 0 Å². The van der Waals surface area contributed by atoms with Gasteiger partial charge in [0, 0.05) is 12.4 Å². The normalized spacial score (nSPS) is 12.7. The maximum absolute atomic E-state index is 10.7. The van der Waals surface area contributed by atoms with E-state index in [0.717, 1.165) is 0 Å². The number of ether oxygens (including phenoxy) is 1. The summed E-state index contributed by atoms with van der Waals surface area (Å²) in [6.45, 7) is 2.36. The second kappa shape index (κ2) is 5.50. The molecule has 1 atom stereocenters. The van der Waals surface area contributed by atoms with E-state index in [2.05, 4.69) is 10.1 Å². The molecule has 0 saturated heterocycles. The molecule has 0 bridgehead atoms. The Morgan fingerprint density at radius 3 is 2.80 bits per heavy atom.